The Bertz CT molecular complexity index is 207. The number of carbonyl (C=O) groups excluding carboxylic acids is 1. The molecule has 80 valence electrons. The zero-order valence-corrected chi connectivity index (χ0v) is 8.35. The van der Waals surface area contributed by atoms with Gasteiger partial charge in [0.25, 0.3) is 0 Å². The maximum Gasteiger partial charge on any atom is 0.123 e. The van der Waals surface area contributed by atoms with Gasteiger partial charge in [-0.1, -0.05) is 0 Å². The summed E-state index contributed by atoms with van der Waals surface area (Å²) in [4.78, 5) is 10.6. The Balaban J connectivity index is 2.07. The minimum atomic E-state index is -0.356. The van der Waals surface area contributed by atoms with Crippen molar-refractivity contribution in [3.63, 3.8) is 0 Å². The third-order valence-corrected chi connectivity index (χ3v) is 4.19. The molecule has 2 aliphatic carbocycles. The molecule has 0 saturated heterocycles. The summed E-state index contributed by atoms with van der Waals surface area (Å²) in [5.41, 5.74) is -0.278. The highest BCUT2D eigenvalue weighted by Gasteiger charge is 2.50. The Hall–Kier alpha value is -0.410. The van der Waals surface area contributed by atoms with Crippen LogP contribution in [0.3, 0.4) is 0 Å². The zero-order valence-electron chi connectivity index (χ0n) is 8.35. The van der Waals surface area contributed by atoms with Crippen molar-refractivity contribution in [2.75, 3.05) is 0 Å². The Labute approximate surface area is 84.1 Å². The predicted molar refractivity (Wildman–Crippen MR) is 51.7 cm³/mol. The highest BCUT2D eigenvalue weighted by atomic mass is 16.3. The minimum Gasteiger partial charge on any atom is -0.392 e. The first-order valence-corrected chi connectivity index (χ1v) is 5.50. The Morgan fingerprint density at radius 1 is 1.00 bits per heavy atom. The molecular weight excluding hydrogens is 180 g/mol. The fourth-order valence-electron chi connectivity index (χ4n) is 3.09. The van der Waals surface area contributed by atoms with Crippen LogP contribution in [0.4, 0.5) is 0 Å². The van der Waals surface area contributed by atoms with Gasteiger partial charge in [-0.3, -0.25) is 0 Å². The smallest absolute Gasteiger partial charge is 0.123 e. The van der Waals surface area contributed by atoms with Gasteiger partial charge in [0.15, 0.2) is 0 Å². The average Bonchev–Trinajstić information content (AvgIpc) is 2.49. The van der Waals surface area contributed by atoms with Crippen LogP contribution in [0.5, 0.6) is 0 Å². The van der Waals surface area contributed by atoms with E-state index >= 15 is 0 Å². The van der Waals surface area contributed by atoms with Crippen molar-refractivity contribution in [1.82, 2.24) is 0 Å². The van der Waals surface area contributed by atoms with Crippen LogP contribution < -0.4 is 0 Å². The van der Waals surface area contributed by atoms with Crippen LogP contribution >= 0.6 is 0 Å². The molecule has 0 aromatic heterocycles. The number of rotatable bonds is 1. The number of hydrogen-bond donors (Lipinski definition) is 2. The lowest BCUT2D eigenvalue weighted by Gasteiger charge is -2.40. The van der Waals surface area contributed by atoms with Gasteiger partial charge in [-0.15, -0.1) is 0 Å². The van der Waals surface area contributed by atoms with Crippen molar-refractivity contribution < 1.29 is 15.0 Å². The standard InChI is InChI=1S/C11H18O3/c12-7-8-3-5-11(6-4-8)9(13)1-2-10(11)14/h7-10,13-14H,1-6H2. The second-order valence-electron chi connectivity index (χ2n) is 4.82. The molecule has 2 saturated carbocycles. The molecular formula is C11H18O3. The number of aldehydes is 1. The van der Waals surface area contributed by atoms with Gasteiger partial charge in [0, 0.05) is 11.3 Å². The Morgan fingerprint density at radius 3 is 1.93 bits per heavy atom. The first-order valence-electron chi connectivity index (χ1n) is 5.50. The van der Waals surface area contributed by atoms with Gasteiger partial charge in [-0.05, 0) is 38.5 Å². The first kappa shape index (κ1) is 10.1. The molecule has 0 heterocycles. The molecule has 0 bridgehead atoms. The first-order chi connectivity index (χ1) is 6.69. The molecule has 2 aliphatic rings. The van der Waals surface area contributed by atoms with Gasteiger partial charge < -0.3 is 15.0 Å². The Kier molecular flexibility index (Phi) is 2.62. The minimum absolute atomic E-state index is 0.153. The van der Waals surface area contributed by atoms with E-state index in [0.29, 0.717) is 12.8 Å². The fraction of sp³-hybridized carbons (Fsp3) is 0.909. The van der Waals surface area contributed by atoms with Gasteiger partial charge in [0.2, 0.25) is 0 Å². The summed E-state index contributed by atoms with van der Waals surface area (Å²) in [6, 6.07) is 0. The summed E-state index contributed by atoms with van der Waals surface area (Å²) < 4.78 is 0. The summed E-state index contributed by atoms with van der Waals surface area (Å²) in [7, 11) is 0. The molecule has 0 radical (unpaired) electrons. The zero-order chi connectivity index (χ0) is 10.2. The second-order valence-corrected chi connectivity index (χ2v) is 4.82. The lowest BCUT2D eigenvalue weighted by atomic mass is 9.67. The van der Waals surface area contributed by atoms with Crippen LogP contribution in [0.2, 0.25) is 0 Å². The highest BCUT2D eigenvalue weighted by molar-refractivity contribution is 5.53. The van der Waals surface area contributed by atoms with Crippen molar-refractivity contribution >= 4 is 6.29 Å². The van der Waals surface area contributed by atoms with Crippen LogP contribution in [-0.2, 0) is 4.79 Å². The van der Waals surface area contributed by atoms with Gasteiger partial charge in [-0.25, -0.2) is 0 Å². The topological polar surface area (TPSA) is 57.5 Å². The molecule has 2 rings (SSSR count). The van der Waals surface area contributed by atoms with Crippen LogP contribution in [-0.4, -0.2) is 28.7 Å². The summed E-state index contributed by atoms with van der Waals surface area (Å²) in [6.07, 6.45) is 5.00. The van der Waals surface area contributed by atoms with Crippen LogP contribution in [0.1, 0.15) is 38.5 Å². The van der Waals surface area contributed by atoms with E-state index in [1.54, 1.807) is 0 Å². The number of aliphatic hydroxyl groups is 2. The second kappa shape index (κ2) is 3.63. The fourth-order valence-corrected chi connectivity index (χ4v) is 3.09. The molecule has 3 heteroatoms. The van der Waals surface area contributed by atoms with Gasteiger partial charge in [-0.2, -0.15) is 0 Å². The third-order valence-electron chi connectivity index (χ3n) is 4.19. The Morgan fingerprint density at radius 2 is 1.50 bits per heavy atom. The average molecular weight is 198 g/mol. The van der Waals surface area contributed by atoms with E-state index in [9.17, 15) is 15.0 Å². The van der Waals surface area contributed by atoms with Gasteiger partial charge >= 0.3 is 0 Å². The molecule has 3 nitrogen and oxygen atoms in total. The summed E-state index contributed by atoms with van der Waals surface area (Å²) >= 11 is 0. The van der Waals surface area contributed by atoms with E-state index in [-0.39, 0.29) is 23.5 Å². The lowest BCUT2D eigenvalue weighted by Crippen LogP contribution is -2.42. The molecule has 2 fully saturated rings. The lowest BCUT2D eigenvalue weighted by molar-refractivity contribution is -0.115. The largest absolute Gasteiger partial charge is 0.392 e. The molecule has 2 N–H and O–H groups in total. The van der Waals surface area contributed by atoms with Crippen molar-refractivity contribution in [2.24, 2.45) is 11.3 Å². The highest BCUT2D eigenvalue weighted by Crippen LogP contribution is 2.50. The van der Waals surface area contributed by atoms with E-state index < -0.39 is 0 Å². The number of hydrogen-bond acceptors (Lipinski definition) is 3. The van der Waals surface area contributed by atoms with Crippen LogP contribution in [0.15, 0.2) is 0 Å². The number of aliphatic hydroxyl groups excluding tert-OH is 2. The maximum atomic E-state index is 10.6. The molecule has 2 atom stereocenters. The predicted octanol–water partition coefficient (Wildman–Crippen LogP) is 0.877. The van der Waals surface area contributed by atoms with E-state index in [2.05, 4.69) is 0 Å². The summed E-state index contributed by atoms with van der Waals surface area (Å²) in [5.74, 6) is 0.153. The van der Waals surface area contributed by atoms with Gasteiger partial charge in [0.05, 0.1) is 12.2 Å². The third kappa shape index (κ3) is 1.39. The molecule has 0 aromatic rings. The molecule has 0 aromatic carbocycles. The van der Waals surface area contributed by atoms with Crippen molar-refractivity contribution in [2.45, 2.75) is 50.7 Å². The molecule has 14 heavy (non-hydrogen) atoms. The van der Waals surface area contributed by atoms with Gasteiger partial charge in [0.1, 0.15) is 6.29 Å². The number of carbonyl (C=O) groups is 1. The molecule has 0 amide bonds. The summed E-state index contributed by atoms with van der Waals surface area (Å²) in [5, 5.41) is 19.8. The van der Waals surface area contributed by atoms with Crippen molar-refractivity contribution in [3.8, 4) is 0 Å². The van der Waals surface area contributed by atoms with Crippen molar-refractivity contribution in [3.05, 3.63) is 0 Å². The summed E-state index contributed by atoms with van der Waals surface area (Å²) in [6.45, 7) is 0. The normalized spacial score (nSPS) is 48.3. The SMILES string of the molecule is O=CC1CCC2(CC1)C(O)CCC2O. The van der Waals surface area contributed by atoms with E-state index in [0.717, 1.165) is 32.0 Å². The van der Waals surface area contributed by atoms with E-state index in [1.165, 1.54) is 0 Å². The van der Waals surface area contributed by atoms with E-state index in [4.69, 9.17) is 0 Å². The molecule has 0 aliphatic heterocycles. The quantitative estimate of drug-likeness (QED) is 0.615. The van der Waals surface area contributed by atoms with E-state index in [1.807, 2.05) is 0 Å². The monoisotopic (exact) mass is 198 g/mol. The van der Waals surface area contributed by atoms with Crippen LogP contribution in [0, 0.1) is 11.3 Å². The van der Waals surface area contributed by atoms with Crippen molar-refractivity contribution in [1.29, 1.82) is 0 Å². The molecule has 1 spiro atoms. The van der Waals surface area contributed by atoms with Crippen LogP contribution in [0.25, 0.3) is 0 Å². The maximum absolute atomic E-state index is 10.6. The molecule has 2 unspecified atom stereocenters.